The highest BCUT2D eigenvalue weighted by Crippen LogP contribution is 2.32. The zero-order valence-corrected chi connectivity index (χ0v) is 12.7. The van der Waals surface area contributed by atoms with Gasteiger partial charge in [-0.25, -0.2) is 8.42 Å². The van der Waals surface area contributed by atoms with Gasteiger partial charge in [0.15, 0.2) is 21.3 Å². The molecule has 0 aliphatic carbocycles. The highest BCUT2D eigenvalue weighted by atomic mass is 32.2. The SMILES string of the molecule is Cc1nn(C)c(C)c1Oc1ccc(S(C)(=O)=O)cc1N. The van der Waals surface area contributed by atoms with Gasteiger partial charge in [0.05, 0.1) is 16.3 Å². The lowest BCUT2D eigenvalue weighted by Gasteiger charge is -2.10. The number of nitrogens with zero attached hydrogens (tertiary/aromatic N) is 2. The fraction of sp³-hybridized carbons (Fsp3) is 0.308. The van der Waals surface area contributed by atoms with E-state index in [1.165, 1.54) is 12.1 Å². The summed E-state index contributed by atoms with van der Waals surface area (Å²) >= 11 is 0. The number of aryl methyl sites for hydroxylation is 2. The van der Waals surface area contributed by atoms with Gasteiger partial charge in [-0.2, -0.15) is 5.10 Å². The molecule has 0 aliphatic rings. The molecular weight excluding hydrogens is 278 g/mol. The Morgan fingerprint density at radius 1 is 1.30 bits per heavy atom. The third-order valence-corrected chi connectivity index (χ3v) is 4.17. The highest BCUT2D eigenvalue weighted by Gasteiger charge is 2.15. The Labute approximate surface area is 118 Å². The van der Waals surface area contributed by atoms with Gasteiger partial charge in [-0.1, -0.05) is 0 Å². The Balaban J connectivity index is 2.40. The van der Waals surface area contributed by atoms with Crippen molar-refractivity contribution in [2.24, 2.45) is 7.05 Å². The van der Waals surface area contributed by atoms with E-state index in [2.05, 4.69) is 5.10 Å². The van der Waals surface area contributed by atoms with Gasteiger partial charge in [-0.05, 0) is 32.0 Å². The van der Waals surface area contributed by atoms with E-state index in [1.54, 1.807) is 10.7 Å². The van der Waals surface area contributed by atoms with Crippen LogP contribution in [0.2, 0.25) is 0 Å². The summed E-state index contributed by atoms with van der Waals surface area (Å²) in [5, 5.41) is 4.25. The van der Waals surface area contributed by atoms with Gasteiger partial charge in [0.2, 0.25) is 0 Å². The fourth-order valence-corrected chi connectivity index (χ4v) is 2.52. The van der Waals surface area contributed by atoms with E-state index in [0.717, 1.165) is 17.6 Å². The molecule has 1 aromatic carbocycles. The minimum Gasteiger partial charge on any atom is -0.451 e. The Kier molecular flexibility index (Phi) is 3.47. The molecule has 0 unspecified atom stereocenters. The van der Waals surface area contributed by atoms with Gasteiger partial charge >= 0.3 is 0 Å². The van der Waals surface area contributed by atoms with Crippen LogP contribution in [0.3, 0.4) is 0 Å². The minimum absolute atomic E-state index is 0.169. The summed E-state index contributed by atoms with van der Waals surface area (Å²) < 4.78 is 30.4. The average Bonchev–Trinajstić information content (AvgIpc) is 2.57. The topological polar surface area (TPSA) is 87.2 Å². The van der Waals surface area contributed by atoms with Crippen LogP contribution in [0.25, 0.3) is 0 Å². The van der Waals surface area contributed by atoms with Crippen molar-refractivity contribution in [1.29, 1.82) is 0 Å². The van der Waals surface area contributed by atoms with Crippen LogP contribution in [0.5, 0.6) is 11.5 Å². The van der Waals surface area contributed by atoms with Crippen molar-refractivity contribution in [3.8, 4) is 11.5 Å². The second-order valence-electron chi connectivity index (χ2n) is 4.70. The third kappa shape index (κ3) is 2.62. The van der Waals surface area contributed by atoms with E-state index in [9.17, 15) is 8.42 Å². The summed E-state index contributed by atoms with van der Waals surface area (Å²) in [6.07, 6.45) is 1.14. The van der Waals surface area contributed by atoms with Crippen LogP contribution in [0.15, 0.2) is 23.1 Å². The molecule has 0 spiro atoms. The molecule has 0 saturated heterocycles. The van der Waals surface area contributed by atoms with Gasteiger partial charge in [0.25, 0.3) is 0 Å². The molecule has 2 rings (SSSR count). The Hall–Kier alpha value is -2.02. The van der Waals surface area contributed by atoms with Crippen molar-refractivity contribution in [2.75, 3.05) is 12.0 Å². The summed E-state index contributed by atoms with van der Waals surface area (Å²) in [7, 11) is -1.45. The smallest absolute Gasteiger partial charge is 0.175 e. The molecule has 0 saturated carbocycles. The molecular formula is C13H17N3O3S. The maximum absolute atomic E-state index is 11.5. The Morgan fingerprint density at radius 2 is 1.95 bits per heavy atom. The van der Waals surface area contributed by atoms with Crippen molar-refractivity contribution in [1.82, 2.24) is 9.78 Å². The minimum atomic E-state index is -3.28. The lowest BCUT2D eigenvalue weighted by molar-refractivity contribution is 0.476. The normalized spacial score (nSPS) is 11.6. The number of benzene rings is 1. The van der Waals surface area contributed by atoms with E-state index in [1.807, 2.05) is 20.9 Å². The lowest BCUT2D eigenvalue weighted by atomic mass is 10.3. The number of hydrogen-bond donors (Lipinski definition) is 1. The van der Waals surface area contributed by atoms with Crippen LogP contribution in [0, 0.1) is 13.8 Å². The van der Waals surface area contributed by atoms with E-state index in [4.69, 9.17) is 10.5 Å². The predicted molar refractivity (Wildman–Crippen MR) is 76.7 cm³/mol. The average molecular weight is 295 g/mol. The molecule has 0 bridgehead atoms. The maximum Gasteiger partial charge on any atom is 0.175 e. The first-order valence-corrected chi connectivity index (χ1v) is 7.87. The number of rotatable bonds is 3. The number of sulfone groups is 1. The quantitative estimate of drug-likeness (QED) is 0.873. The zero-order chi connectivity index (χ0) is 15.1. The standard InChI is InChI=1S/C13H17N3O3S/c1-8-13(9(2)16(3)15-8)19-12-6-5-10(7-11(12)14)20(4,17)18/h5-7H,14H2,1-4H3. The third-order valence-electron chi connectivity index (χ3n) is 3.06. The number of nitrogen functional groups attached to an aromatic ring is 1. The van der Waals surface area contributed by atoms with E-state index >= 15 is 0 Å². The van der Waals surface area contributed by atoms with Gasteiger partial charge in [-0.3, -0.25) is 4.68 Å². The first-order valence-electron chi connectivity index (χ1n) is 5.98. The predicted octanol–water partition coefficient (Wildman–Crippen LogP) is 1.81. The van der Waals surface area contributed by atoms with Gasteiger partial charge in [-0.15, -0.1) is 0 Å². The van der Waals surface area contributed by atoms with Crippen molar-refractivity contribution >= 4 is 15.5 Å². The summed E-state index contributed by atoms with van der Waals surface area (Å²) in [5.74, 6) is 1.04. The van der Waals surface area contributed by atoms with Crippen LogP contribution in [-0.4, -0.2) is 24.5 Å². The van der Waals surface area contributed by atoms with Gasteiger partial charge < -0.3 is 10.5 Å². The van der Waals surface area contributed by atoms with Crippen LogP contribution < -0.4 is 10.5 Å². The summed E-state index contributed by atoms with van der Waals surface area (Å²) in [6, 6.07) is 4.42. The first kappa shape index (κ1) is 14.4. The highest BCUT2D eigenvalue weighted by molar-refractivity contribution is 7.90. The van der Waals surface area contributed by atoms with Gasteiger partial charge in [0.1, 0.15) is 5.69 Å². The number of ether oxygens (including phenoxy) is 1. The van der Waals surface area contributed by atoms with Crippen molar-refractivity contribution in [3.63, 3.8) is 0 Å². The Bertz CT molecular complexity index is 763. The van der Waals surface area contributed by atoms with Crippen LogP contribution >= 0.6 is 0 Å². The molecule has 0 aliphatic heterocycles. The summed E-state index contributed by atoms with van der Waals surface area (Å²) in [4.78, 5) is 0.169. The van der Waals surface area contributed by atoms with E-state index in [0.29, 0.717) is 11.5 Å². The molecule has 0 atom stereocenters. The maximum atomic E-state index is 11.5. The second kappa shape index (κ2) is 4.82. The molecule has 0 radical (unpaired) electrons. The molecule has 108 valence electrons. The lowest BCUT2D eigenvalue weighted by Crippen LogP contribution is -2.00. The zero-order valence-electron chi connectivity index (χ0n) is 11.8. The number of anilines is 1. The Morgan fingerprint density at radius 3 is 2.40 bits per heavy atom. The first-order chi connectivity index (χ1) is 9.20. The second-order valence-corrected chi connectivity index (χ2v) is 6.71. The van der Waals surface area contributed by atoms with E-state index < -0.39 is 9.84 Å². The fourth-order valence-electron chi connectivity index (χ4n) is 1.86. The van der Waals surface area contributed by atoms with Crippen molar-refractivity contribution < 1.29 is 13.2 Å². The van der Waals surface area contributed by atoms with Crippen molar-refractivity contribution in [2.45, 2.75) is 18.7 Å². The largest absolute Gasteiger partial charge is 0.451 e. The molecule has 7 heteroatoms. The molecule has 2 aromatic rings. The summed E-state index contributed by atoms with van der Waals surface area (Å²) in [6.45, 7) is 3.72. The summed E-state index contributed by atoms with van der Waals surface area (Å²) in [5.41, 5.74) is 7.75. The van der Waals surface area contributed by atoms with Crippen LogP contribution in [0.4, 0.5) is 5.69 Å². The molecule has 0 amide bonds. The van der Waals surface area contributed by atoms with E-state index in [-0.39, 0.29) is 10.6 Å². The molecule has 0 fully saturated rings. The van der Waals surface area contributed by atoms with Crippen LogP contribution in [-0.2, 0) is 16.9 Å². The molecule has 1 heterocycles. The molecule has 1 aromatic heterocycles. The molecule has 6 nitrogen and oxygen atoms in total. The van der Waals surface area contributed by atoms with Crippen molar-refractivity contribution in [3.05, 3.63) is 29.6 Å². The molecule has 2 N–H and O–H groups in total. The number of aromatic nitrogens is 2. The number of nitrogens with two attached hydrogens (primary N) is 1. The van der Waals surface area contributed by atoms with Crippen LogP contribution in [0.1, 0.15) is 11.4 Å². The van der Waals surface area contributed by atoms with Gasteiger partial charge in [0, 0.05) is 13.3 Å². The number of hydrogen-bond acceptors (Lipinski definition) is 5. The monoisotopic (exact) mass is 295 g/mol. The molecule has 20 heavy (non-hydrogen) atoms.